The minimum atomic E-state index is -1.09. The monoisotopic (exact) mass is 212 g/mol. The first-order chi connectivity index (χ1) is 6.59. The van der Waals surface area contributed by atoms with Crippen molar-refractivity contribution in [3.8, 4) is 0 Å². The van der Waals surface area contributed by atoms with Gasteiger partial charge in [-0.2, -0.15) is 0 Å². The van der Waals surface area contributed by atoms with E-state index in [1.807, 2.05) is 0 Å². The first kappa shape index (κ1) is 10.8. The molecule has 1 aromatic rings. The molecule has 0 spiro atoms. The minimum absolute atomic E-state index is 0.572. The number of carboxylic acids is 1. The topological polar surface area (TPSA) is 57.5 Å². The summed E-state index contributed by atoms with van der Waals surface area (Å²) in [4.78, 5) is 10.2. The van der Waals surface area contributed by atoms with E-state index in [0.717, 1.165) is 6.08 Å². The lowest BCUT2D eigenvalue weighted by Crippen LogP contribution is -1.95. The van der Waals surface area contributed by atoms with Gasteiger partial charge >= 0.3 is 5.97 Å². The van der Waals surface area contributed by atoms with Gasteiger partial charge in [-0.15, -0.1) is 0 Å². The minimum Gasteiger partial charge on any atom is -0.478 e. The molecule has 0 saturated heterocycles. The van der Waals surface area contributed by atoms with E-state index in [2.05, 4.69) is 0 Å². The summed E-state index contributed by atoms with van der Waals surface area (Å²) in [6, 6.07) is 6.54. The average Bonchev–Trinajstić information content (AvgIpc) is 2.15. The fraction of sp³-hybridized carbons (Fsp3) is 0.100. The van der Waals surface area contributed by atoms with Crippen molar-refractivity contribution < 1.29 is 15.0 Å². The van der Waals surface area contributed by atoms with Crippen molar-refractivity contribution in [3.63, 3.8) is 0 Å². The van der Waals surface area contributed by atoms with E-state index >= 15 is 0 Å². The van der Waals surface area contributed by atoms with Crippen molar-refractivity contribution in [2.75, 3.05) is 0 Å². The second-order valence-electron chi connectivity index (χ2n) is 2.69. The Hall–Kier alpha value is -1.32. The molecule has 0 radical (unpaired) electrons. The van der Waals surface area contributed by atoms with Crippen molar-refractivity contribution in [2.24, 2.45) is 0 Å². The molecule has 0 heterocycles. The summed E-state index contributed by atoms with van der Waals surface area (Å²) in [5.74, 6) is -1.09. The van der Waals surface area contributed by atoms with Gasteiger partial charge in [-0.25, -0.2) is 4.79 Å². The Labute approximate surface area is 86.3 Å². The van der Waals surface area contributed by atoms with Gasteiger partial charge in [-0.1, -0.05) is 23.7 Å². The van der Waals surface area contributed by atoms with Gasteiger partial charge in [0.2, 0.25) is 0 Å². The van der Waals surface area contributed by atoms with Crippen LogP contribution in [0.5, 0.6) is 0 Å². The molecule has 0 fully saturated rings. The third kappa shape index (κ3) is 3.20. The maximum atomic E-state index is 10.2. The number of rotatable bonds is 3. The lowest BCUT2D eigenvalue weighted by Gasteiger charge is -2.04. The van der Waals surface area contributed by atoms with Crippen LogP contribution in [0, 0.1) is 0 Å². The van der Waals surface area contributed by atoms with E-state index in [9.17, 15) is 9.90 Å². The zero-order valence-electron chi connectivity index (χ0n) is 7.22. The maximum absolute atomic E-state index is 10.2. The molecule has 1 atom stereocenters. The maximum Gasteiger partial charge on any atom is 0.328 e. The Bertz CT molecular complexity index is 343. The zero-order chi connectivity index (χ0) is 10.6. The molecule has 0 aliphatic rings. The van der Waals surface area contributed by atoms with Crippen LogP contribution in [0.25, 0.3) is 0 Å². The van der Waals surface area contributed by atoms with Crippen LogP contribution in [-0.4, -0.2) is 16.2 Å². The summed E-state index contributed by atoms with van der Waals surface area (Å²) in [7, 11) is 0. The van der Waals surface area contributed by atoms with Crippen molar-refractivity contribution in [3.05, 3.63) is 47.0 Å². The van der Waals surface area contributed by atoms with Crippen molar-refractivity contribution in [1.29, 1.82) is 0 Å². The summed E-state index contributed by atoms with van der Waals surface area (Å²) < 4.78 is 0. The number of carboxylic acid groups (broad SMARTS) is 1. The molecule has 0 aliphatic heterocycles. The Kier molecular flexibility index (Phi) is 3.68. The summed E-state index contributed by atoms with van der Waals surface area (Å²) in [5.41, 5.74) is 0.604. The molecule has 0 saturated carbocycles. The van der Waals surface area contributed by atoms with E-state index in [-0.39, 0.29) is 0 Å². The van der Waals surface area contributed by atoms with E-state index in [0.29, 0.717) is 10.6 Å². The summed E-state index contributed by atoms with van der Waals surface area (Å²) in [5, 5.41) is 18.4. The van der Waals surface area contributed by atoms with Crippen LogP contribution >= 0.6 is 11.6 Å². The van der Waals surface area contributed by atoms with Gasteiger partial charge < -0.3 is 10.2 Å². The number of carbonyl (C=O) groups is 1. The van der Waals surface area contributed by atoms with Gasteiger partial charge in [0.25, 0.3) is 0 Å². The van der Waals surface area contributed by atoms with Crippen LogP contribution in [0.2, 0.25) is 5.02 Å². The third-order valence-corrected chi connectivity index (χ3v) is 1.88. The fourth-order valence-electron chi connectivity index (χ4n) is 0.945. The first-order valence-electron chi connectivity index (χ1n) is 3.94. The highest BCUT2D eigenvalue weighted by molar-refractivity contribution is 6.30. The second-order valence-corrected chi connectivity index (χ2v) is 3.13. The number of aliphatic hydroxyl groups is 1. The molecule has 0 aliphatic carbocycles. The predicted molar refractivity (Wildman–Crippen MR) is 53.2 cm³/mol. The molecule has 74 valence electrons. The SMILES string of the molecule is O=C(O)/C=C\[C@H](O)c1ccc(Cl)cc1. The second kappa shape index (κ2) is 4.79. The number of aliphatic hydroxyl groups excluding tert-OH is 1. The summed E-state index contributed by atoms with van der Waals surface area (Å²) in [6.45, 7) is 0. The highest BCUT2D eigenvalue weighted by Gasteiger charge is 2.02. The van der Waals surface area contributed by atoms with Crippen LogP contribution in [0.3, 0.4) is 0 Å². The van der Waals surface area contributed by atoms with E-state index < -0.39 is 12.1 Å². The fourth-order valence-corrected chi connectivity index (χ4v) is 1.07. The summed E-state index contributed by atoms with van der Waals surface area (Å²) in [6.07, 6.45) is 1.19. The van der Waals surface area contributed by atoms with Crippen LogP contribution < -0.4 is 0 Å². The highest BCUT2D eigenvalue weighted by Crippen LogP contribution is 2.17. The normalized spacial score (nSPS) is 13.0. The molecule has 0 amide bonds. The number of hydrogen-bond acceptors (Lipinski definition) is 2. The Balaban J connectivity index is 2.74. The van der Waals surface area contributed by atoms with Gasteiger partial charge in [0, 0.05) is 11.1 Å². The first-order valence-corrected chi connectivity index (χ1v) is 4.32. The van der Waals surface area contributed by atoms with Gasteiger partial charge in [-0.3, -0.25) is 0 Å². The molecule has 1 aromatic carbocycles. The quantitative estimate of drug-likeness (QED) is 0.754. The van der Waals surface area contributed by atoms with Crippen LogP contribution in [0.1, 0.15) is 11.7 Å². The molecule has 4 heteroatoms. The van der Waals surface area contributed by atoms with Gasteiger partial charge in [-0.05, 0) is 23.8 Å². The predicted octanol–water partition coefficient (Wildman–Crippen LogP) is 2.01. The van der Waals surface area contributed by atoms with Crippen molar-refractivity contribution in [1.82, 2.24) is 0 Å². The van der Waals surface area contributed by atoms with Gasteiger partial charge in [0.05, 0.1) is 6.10 Å². The molecule has 2 N–H and O–H groups in total. The van der Waals surface area contributed by atoms with E-state index in [1.165, 1.54) is 6.08 Å². The molecule has 0 aromatic heterocycles. The average molecular weight is 213 g/mol. The van der Waals surface area contributed by atoms with E-state index in [4.69, 9.17) is 16.7 Å². The number of hydrogen-bond donors (Lipinski definition) is 2. The molecule has 1 rings (SSSR count). The smallest absolute Gasteiger partial charge is 0.328 e. The van der Waals surface area contributed by atoms with Crippen LogP contribution in [0.15, 0.2) is 36.4 Å². The Morgan fingerprint density at radius 3 is 2.43 bits per heavy atom. The van der Waals surface area contributed by atoms with Gasteiger partial charge in [0.1, 0.15) is 0 Å². The molecular weight excluding hydrogens is 204 g/mol. The Morgan fingerprint density at radius 2 is 1.93 bits per heavy atom. The molecule has 0 unspecified atom stereocenters. The number of aliphatic carboxylic acids is 1. The van der Waals surface area contributed by atoms with Crippen LogP contribution in [-0.2, 0) is 4.79 Å². The van der Waals surface area contributed by atoms with E-state index in [1.54, 1.807) is 24.3 Å². The molecule has 0 bridgehead atoms. The summed E-state index contributed by atoms with van der Waals surface area (Å²) >= 11 is 5.65. The largest absolute Gasteiger partial charge is 0.478 e. The van der Waals surface area contributed by atoms with Gasteiger partial charge in [0.15, 0.2) is 0 Å². The van der Waals surface area contributed by atoms with Crippen LogP contribution in [0.4, 0.5) is 0 Å². The third-order valence-electron chi connectivity index (χ3n) is 1.63. The number of benzene rings is 1. The number of halogens is 1. The molecule has 3 nitrogen and oxygen atoms in total. The van der Waals surface area contributed by atoms with Crippen molar-refractivity contribution >= 4 is 17.6 Å². The Morgan fingerprint density at radius 1 is 1.36 bits per heavy atom. The van der Waals surface area contributed by atoms with Crippen molar-refractivity contribution in [2.45, 2.75) is 6.10 Å². The lowest BCUT2D eigenvalue weighted by molar-refractivity contribution is -0.131. The zero-order valence-corrected chi connectivity index (χ0v) is 7.98. The highest BCUT2D eigenvalue weighted by atomic mass is 35.5. The standard InChI is InChI=1S/C10H9ClO3/c11-8-3-1-7(2-4-8)9(12)5-6-10(13)14/h1-6,9,12H,(H,13,14)/b6-5-/t9-/m0/s1. The molecule has 14 heavy (non-hydrogen) atoms. The lowest BCUT2D eigenvalue weighted by atomic mass is 10.1. The molecular formula is C10H9ClO3.